The zero-order valence-electron chi connectivity index (χ0n) is 13.0. The Labute approximate surface area is 130 Å². The number of hydrogen-bond acceptors (Lipinski definition) is 4. The van der Waals surface area contributed by atoms with Gasteiger partial charge in [0.1, 0.15) is 0 Å². The van der Waals surface area contributed by atoms with Crippen LogP contribution >= 0.6 is 0 Å². The summed E-state index contributed by atoms with van der Waals surface area (Å²) < 4.78 is 1.87. The largest absolute Gasteiger partial charge is 0.347 e. The van der Waals surface area contributed by atoms with Gasteiger partial charge in [0.2, 0.25) is 5.82 Å². The van der Waals surface area contributed by atoms with Gasteiger partial charge in [0.25, 0.3) is 5.91 Å². The lowest BCUT2D eigenvalue weighted by atomic mass is 9.87. The van der Waals surface area contributed by atoms with Gasteiger partial charge in [-0.2, -0.15) is 0 Å². The van der Waals surface area contributed by atoms with E-state index in [1.807, 2.05) is 11.6 Å². The number of aromatic nitrogens is 4. The van der Waals surface area contributed by atoms with Crippen molar-refractivity contribution in [1.29, 1.82) is 0 Å². The zero-order chi connectivity index (χ0) is 15.5. The molecule has 116 valence electrons. The lowest BCUT2D eigenvalue weighted by Gasteiger charge is -2.26. The minimum atomic E-state index is -0.191. The molecule has 3 rings (SSSR count). The molecule has 6 nitrogen and oxygen atoms in total. The molecule has 2 aromatic rings. The maximum absolute atomic E-state index is 12.3. The van der Waals surface area contributed by atoms with Crippen LogP contribution in [-0.2, 0) is 7.05 Å². The Kier molecular flexibility index (Phi) is 4.18. The second kappa shape index (κ2) is 6.25. The fraction of sp³-hybridized carbons (Fsp3) is 0.500. The topological polar surface area (TPSA) is 72.7 Å². The fourth-order valence-corrected chi connectivity index (χ4v) is 2.87. The molecule has 1 aliphatic carbocycles. The van der Waals surface area contributed by atoms with Crippen molar-refractivity contribution in [3.63, 3.8) is 0 Å². The van der Waals surface area contributed by atoms with E-state index in [0.29, 0.717) is 5.69 Å². The minimum Gasteiger partial charge on any atom is -0.347 e. The molecule has 0 saturated heterocycles. The van der Waals surface area contributed by atoms with E-state index in [9.17, 15) is 4.79 Å². The van der Waals surface area contributed by atoms with Crippen LogP contribution < -0.4 is 5.32 Å². The lowest BCUT2D eigenvalue weighted by molar-refractivity contribution is 0.0912. The van der Waals surface area contributed by atoms with Crippen LogP contribution in [0.5, 0.6) is 0 Å². The van der Waals surface area contributed by atoms with Crippen LogP contribution in [-0.4, -0.2) is 31.5 Å². The molecule has 1 N–H and O–H groups in total. The van der Waals surface area contributed by atoms with Gasteiger partial charge in [-0.3, -0.25) is 4.79 Å². The molecule has 1 amide bonds. The summed E-state index contributed by atoms with van der Waals surface area (Å²) >= 11 is 0. The second-order valence-corrected chi connectivity index (χ2v) is 6.09. The van der Waals surface area contributed by atoms with E-state index in [0.717, 1.165) is 24.5 Å². The monoisotopic (exact) mass is 299 g/mol. The van der Waals surface area contributed by atoms with Crippen LogP contribution in [0.2, 0.25) is 0 Å². The Balaban J connectivity index is 1.72. The van der Waals surface area contributed by atoms with E-state index in [1.165, 1.54) is 12.8 Å². The summed E-state index contributed by atoms with van der Waals surface area (Å²) in [7, 11) is 1.90. The van der Waals surface area contributed by atoms with Crippen molar-refractivity contribution in [2.45, 2.75) is 38.6 Å². The molecule has 0 unspecified atom stereocenters. The van der Waals surface area contributed by atoms with Crippen molar-refractivity contribution in [2.75, 3.05) is 0 Å². The average Bonchev–Trinajstić information content (AvgIpc) is 2.96. The first-order chi connectivity index (χ1) is 10.6. The van der Waals surface area contributed by atoms with Crippen LogP contribution in [0, 0.1) is 5.92 Å². The van der Waals surface area contributed by atoms with Gasteiger partial charge in [0.05, 0.1) is 23.9 Å². The Morgan fingerprint density at radius 3 is 2.77 bits per heavy atom. The van der Waals surface area contributed by atoms with E-state index in [-0.39, 0.29) is 17.8 Å². The Hall–Kier alpha value is -2.24. The van der Waals surface area contributed by atoms with Crippen molar-refractivity contribution in [1.82, 2.24) is 24.8 Å². The fourth-order valence-electron chi connectivity index (χ4n) is 2.87. The predicted octanol–water partition coefficient (Wildman–Crippen LogP) is 2.19. The number of nitrogens with zero attached hydrogens (tertiary/aromatic N) is 4. The Bertz CT molecular complexity index is 658. The van der Waals surface area contributed by atoms with Gasteiger partial charge < -0.3 is 9.88 Å². The van der Waals surface area contributed by atoms with E-state index in [4.69, 9.17) is 0 Å². The van der Waals surface area contributed by atoms with Crippen LogP contribution in [0.3, 0.4) is 0 Å². The highest BCUT2D eigenvalue weighted by Gasteiger charge is 2.21. The van der Waals surface area contributed by atoms with Crippen LogP contribution in [0.25, 0.3) is 11.4 Å². The maximum atomic E-state index is 12.3. The molecule has 1 saturated carbocycles. The maximum Gasteiger partial charge on any atom is 0.289 e. The number of aryl methyl sites for hydroxylation is 1. The first kappa shape index (κ1) is 14.7. The van der Waals surface area contributed by atoms with E-state index in [2.05, 4.69) is 27.2 Å². The molecule has 0 bridgehead atoms. The number of imidazole rings is 1. The standard InChI is InChI=1S/C16H21N5O/c1-11-3-5-12(6-4-11)19-16(22)15-18-8-7-13(20-15)14-9-17-10-21(14)2/h7-12H,3-6H2,1-2H3,(H,19,22)/t11-,12-. The summed E-state index contributed by atoms with van der Waals surface area (Å²) in [5.74, 6) is 0.790. The molecule has 22 heavy (non-hydrogen) atoms. The first-order valence-corrected chi connectivity index (χ1v) is 7.74. The van der Waals surface area contributed by atoms with Crippen LogP contribution in [0.15, 0.2) is 24.8 Å². The summed E-state index contributed by atoms with van der Waals surface area (Å²) in [6.45, 7) is 2.26. The number of hydrogen-bond donors (Lipinski definition) is 1. The molecule has 0 spiro atoms. The minimum absolute atomic E-state index is 0.191. The highest BCUT2D eigenvalue weighted by molar-refractivity contribution is 5.91. The molecular weight excluding hydrogens is 278 g/mol. The Morgan fingerprint density at radius 2 is 2.09 bits per heavy atom. The molecule has 2 heterocycles. The Morgan fingerprint density at radius 1 is 1.32 bits per heavy atom. The lowest BCUT2D eigenvalue weighted by Crippen LogP contribution is -2.38. The molecule has 2 aromatic heterocycles. The van der Waals surface area contributed by atoms with Gasteiger partial charge in [0.15, 0.2) is 0 Å². The molecule has 6 heteroatoms. The highest BCUT2D eigenvalue weighted by atomic mass is 16.2. The van der Waals surface area contributed by atoms with E-state index < -0.39 is 0 Å². The third-order valence-electron chi connectivity index (χ3n) is 4.29. The van der Waals surface area contributed by atoms with Gasteiger partial charge in [-0.25, -0.2) is 15.0 Å². The number of nitrogens with one attached hydrogen (secondary N) is 1. The summed E-state index contributed by atoms with van der Waals surface area (Å²) in [6.07, 6.45) is 9.46. The van der Waals surface area contributed by atoms with Crippen LogP contribution in [0.1, 0.15) is 43.2 Å². The summed E-state index contributed by atoms with van der Waals surface area (Å²) in [5, 5.41) is 3.06. The molecular formula is C16H21N5O. The van der Waals surface area contributed by atoms with Crippen molar-refractivity contribution >= 4 is 5.91 Å². The quantitative estimate of drug-likeness (QED) is 0.943. The molecule has 0 aliphatic heterocycles. The van der Waals surface area contributed by atoms with E-state index >= 15 is 0 Å². The summed E-state index contributed by atoms with van der Waals surface area (Å²) in [5.41, 5.74) is 1.57. The predicted molar refractivity (Wildman–Crippen MR) is 83.1 cm³/mol. The smallest absolute Gasteiger partial charge is 0.289 e. The summed E-state index contributed by atoms with van der Waals surface area (Å²) in [4.78, 5) is 24.9. The van der Waals surface area contributed by atoms with Gasteiger partial charge in [-0.15, -0.1) is 0 Å². The number of rotatable bonds is 3. The van der Waals surface area contributed by atoms with Gasteiger partial charge in [-0.05, 0) is 37.7 Å². The van der Waals surface area contributed by atoms with Gasteiger partial charge >= 0.3 is 0 Å². The molecule has 0 atom stereocenters. The third kappa shape index (κ3) is 3.16. The molecule has 1 fully saturated rings. The first-order valence-electron chi connectivity index (χ1n) is 7.74. The molecule has 0 radical (unpaired) electrons. The van der Waals surface area contributed by atoms with Crippen molar-refractivity contribution < 1.29 is 4.79 Å². The normalized spacial score (nSPS) is 21.5. The summed E-state index contributed by atoms with van der Waals surface area (Å²) in [6, 6.07) is 2.03. The van der Waals surface area contributed by atoms with Crippen LogP contribution in [0.4, 0.5) is 0 Å². The highest BCUT2D eigenvalue weighted by Crippen LogP contribution is 2.23. The van der Waals surface area contributed by atoms with Gasteiger partial charge in [-0.1, -0.05) is 6.92 Å². The number of amides is 1. The second-order valence-electron chi connectivity index (χ2n) is 6.09. The van der Waals surface area contributed by atoms with Crippen molar-refractivity contribution in [2.24, 2.45) is 13.0 Å². The van der Waals surface area contributed by atoms with Gasteiger partial charge in [0, 0.05) is 19.3 Å². The molecule has 1 aliphatic rings. The zero-order valence-corrected chi connectivity index (χ0v) is 13.0. The third-order valence-corrected chi connectivity index (χ3v) is 4.29. The number of carbonyl (C=O) groups excluding carboxylic acids is 1. The molecule has 0 aromatic carbocycles. The average molecular weight is 299 g/mol. The van der Waals surface area contributed by atoms with Crippen molar-refractivity contribution in [3.8, 4) is 11.4 Å². The SMILES string of the molecule is Cn1cncc1-c1ccnc(C(=O)N[C@H]2CC[C@H](C)CC2)n1. The number of carbonyl (C=O) groups is 1. The van der Waals surface area contributed by atoms with Crippen molar-refractivity contribution in [3.05, 3.63) is 30.6 Å². The van der Waals surface area contributed by atoms with E-state index in [1.54, 1.807) is 24.8 Å².